The second kappa shape index (κ2) is 9.89. The minimum atomic E-state index is -1.70. The Morgan fingerprint density at radius 1 is 0.967 bits per heavy atom. The van der Waals surface area contributed by atoms with E-state index in [1.807, 2.05) is 26.0 Å². The molecule has 1 unspecified atom stereocenters. The van der Waals surface area contributed by atoms with Crippen LogP contribution in [0.25, 0.3) is 0 Å². The van der Waals surface area contributed by atoms with Crippen LogP contribution in [0.15, 0.2) is 53.4 Å². The molecule has 0 fully saturated rings. The lowest BCUT2D eigenvalue weighted by atomic mass is 9.87. The summed E-state index contributed by atoms with van der Waals surface area (Å²) in [6, 6.07) is 14.2. The summed E-state index contributed by atoms with van der Waals surface area (Å²) < 4.78 is 15.0. The summed E-state index contributed by atoms with van der Waals surface area (Å²) in [5.41, 5.74) is 7.23. The molecule has 2 amide bonds. The van der Waals surface area contributed by atoms with Gasteiger partial charge < -0.3 is 10.6 Å². The second-order valence-corrected chi connectivity index (χ2v) is 9.42. The van der Waals surface area contributed by atoms with Crippen molar-refractivity contribution in [3.63, 3.8) is 0 Å². The van der Waals surface area contributed by atoms with Crippen molar-refractivity contribution in [2.75, 3.05) is 23.9 Å². The van der Waals surface area contributed by atoms with Crippen LogP contribution in [0, 0.1) is 0 Å². The van der Waals surface area contributed by atoms with Gasteiger partial charge in [-0.1, -0.05) is 45.0 Å². The maximum Gasteiger partial charge on any atom is 0.250 e. The average Bonchev–Trinajstić information content (AvgIpc) is 2.72. The van der Waals surface area contributed by atoms with Gasteiger partial charge in [0, 0.05) is 13.1 Å². The van der Waals surface area contributed by atoms with Gasteiger partial charge in [0.05, 0.1) is 16.1 Å². The Balaban J connectivity index is 2.49. The molecule has 30 heavy (non-hydrogen) atoms. The van der Waals surface area contributed by atoms with Crippen molar-refractivity contribution in [2.45, 2.75) is 44.9 Å². The molecule has 162 valence electrons. The maximum atomic E-state index is 13.5. The normalized spacial score (nSPS) is 12.3. The zero-order valence-corrected chi connectivity index (χ0v) is 19.2. The Morgan fingerprint density at radius 3 is 2.03 bits per heavy atom. The first-order valence-corrected chi connectivity index (χ1v) is 11.2. The smallest absolute Gasteiger partial charge is 0.250 e. The summed E-state index contributed by atoms with van der Waals surface area (Å²) in [6.45, 7) is 11.1. The highest BCUT2D eigenvalue weighted by Crippen LogP contribution is 2.27. The first-order valence-electron chi connectivity index (χ1n) is 10.1. The molecule has 0 aliphatic rings. The molecule has 0 saturated carbocycles. The van der Waals surface area contributed by atoms with Gasteiger partial charge in [-0.15, -0.1) is 0 Å². The monoisotopic (exact) mass is 429 g/mol. The Kier molecular flexibility index (Phi) is 7.78. The number of benzene rings is 2. The molecule has 2 rings (SSSR count). The first-order chi connectivity index (χ1) is 14.1. The third kappa shape index (κ3) is 5.48. The number of rotatable bonds is 8. The van der Waals surface area contributed by atoms with Crippen molar-refractivity contribution in [3.8, 4) is 0 Å². The fourth-order valence-electron chi connectivity index (χ4n) is 3.13. The van der Waals surface area contributed by atoms with Gasteiger partial charge in [0.15, 0.2) is 11.0 Å². The number of carbonyl (C=O) groups excluding carboxylic acids is 2. The van der Waals surface area contributed by atoms with Crippen LogP contribution in [-0.2, 0) is 21.2 Å². The van der Waals surface area contributed by atoms with E-state index in [0.29, 0.717) is 23.7 Å². The van der Waals surface area contributed by atoms with Crippen LogP contribution >= 0.6 is 0 Å². The van der Waals surface area contributed by atoms with E-state index < -0.39 is 16.9 Å². The van der Waals surface area contributed by atoms with Gasteiger partial charge in [0.1, 0.15) is 6.54 Å². The number of hydrogen-bond acceptors (Lipinski definition) is 3. The summed E-state index contributed by atoms with van der Waals surface area (Å²) in [4.78, 5) is 27.0. The van der Waals surface area contributed by atoms with Crippen LogP contribution in [0.3, 0.4) is 0 Å². The van der Waals surface area contributed by atoms with E-state index in [9.17, 15) is 13.8 Å². The summed E-state index contributed by atoms with van der Waals surface area (Å²) in [5.74, 6) is -0.801. The van der Waals surface area contributed by atoms with Crippen molar-refractivity contribution < 1.29 is 13.8 Å². The number of para-hydroxylation sites is 1. The maximum absolute atomic E-state index is 13.5. The molecule has 2 aromatic rings. The lowest BCUT2D eigenvalue weighted by Crippen LogP contribution is -2.41. The molecule has 0 aliphatic carbocycles. The molecule has 1 atom stereocenters. The van der Waals surface area contributed by atoms with Gasteiger partial charge in [-0.05, 0) is 49.1 Å². The zero-order chi connectivity index (χ0) is 22.5. The van der Waals surface area contributed by atoms with Crippen LogP contribution in [0.5, 0.6) is 0 Å². The lowest BCUT2D eigenvalue weighted by Gasteiger charge is -2.28. The minimum absolute atomic E-state index is 0.0308. The summed E-state index contributed by atoms with van der Waals surface area (Å²) in [5, 5.41) is 0. The fourth-order valence-corrected chi connectivity index (χ4v) is 4.32. The number of nitrogens with zero attached hydrogens (tertiary/aromatic N) is 2. The molecular formula is C23H31N3O3S. The zero-order valence-electron chi connectivity index (χ0n) is 18.3. The Morgan fingerprint density at radius 2 is 1.53 bits per heavy atom. The molecule has 6 nitrogen and oxygen atoms in total. The molecule has 2 aromatic carbocycles. The molecule has 0 aliphatic heterocycles. The van der Waals surface area contributed by atoms with Gasteiger partial charge in [0.25, 0.3) is 5.91 Å². The standard InChI is InChI=1S/C23H31N3O3S/c1-6-25(7-2)21(27)16-26(20-11-9-8-10-19(20)22(24)28)30(29)18-14-12-17(13-15-18)23(3,4)5/h8-15H,6-7,16H2,1-5H3,(H2,24,28). The van der Waals surface area contributed by atoms with E-state index in [2.05, 4.69) is 20.8 Å². The largest absolute Gasteiger partial charge is 0.366 e. The molecule has 0 aromatic heterocycles. The van der Waals surface area contributed by atoms with E-state index >= 15 is 0 Å². The predicted octanol–water partition coefficient (Wildman–Crippen LogP) is 3.48. The van der Waals surface area contributed by atoms with E-state index in [1.165, 1.54) is 4.31 Å². The number of primary amides is 1. The van der Waals surface area contributed by atoms with Crippen LogP contribution in [0.4, 0.5) is 5.69 Å². The van der Waals surface area contributed by atoms with Gasteiger partial charge in [-0.25, -0.2) is 4.21 Å². The van der Waals surface area contributed by atoms with Crippen LogP contribution in [0.1, 0.15) is 50.5 Å². The van der Waals surface area contributed by atoms with E-state index in [1.54, 1.807) is 41.3 Å². The summed E-state index contributed by atoms with van der Waals surface area (Å²) in [7, 11) is -1.70. The third-order valence-corrected chi connectivity index (χ3v) is 6.36. The molecule has 0 radical (unpaired) electrons. The quantitative estimate of drug-likeness (QED) is 0.697. The summed E-state index contributed by atoms with van der Waals surface area (Å²) in [6.07, 6.45) is 0. The number of likely N-dealkylation sites (N-methyl/N-ethyl adjacent to an activating group) is 1. The van der Waals surface area contributed by atoms with Crippen LogP contribution in [0.2, 0.25) is 0 Å². The Bertz CT molecular complexity index is 916. The van der Waals surface area contributed by atoms with Crippen molar-refractivity contribution in [1.29, 1.82) is 0 Å². The van der Waals surface area contributed by atoms with E-state index in [0.717, 1.165) is 5.56 Å². The van der Waals surface area contributed by atoms with Crippen LogP contribution in [-0.4, -0.2) is 40.6 Å². The Hall–Kier alpha value is -2.67. The minimum Gasteiger partial charge on any atom is -0.366 e. The molecule has 0 spiro atoms. The van der Waals surface area contributed by atoms with Gasteiger partial charge in [-0.2, -0.15) is 0 Å². The van der Waals surface area contributed by atoms with E-state index in [-0.39, 0.29) is 23.4 Å². The van der Waals surface area contributed by atoms with Crippen LogP contribution < -0.4 is 10.0 Å². The summed E-state index contributed by atoms with van der Waals surface area (Å²) >= 11 is 0. The van der Waals surface area contributed by atoms with Crippen molar-refractivity contribution in [3.05, 3.63) is 59.7 Å². The van der Waals surface area contributed by atoms with E-state index in [4.69, 9.17) is 5.73 Å². The number of nitrogens with two attached hydrogens (primary N) is 1. The molecular weight excluding hydrogens is 398 g/mol. The highest BCUT2D eigenvalue weighted by molar-refractivity contribution is 7.86. The second-order valence-electron chi connectivity index (χ2n) is 8.01. The average molecular weight is 430 g/mol. The fraction of sp³-hybridized carbons (Fsp3) is 0.391. The van der Waals surface area contributed by atoms with Crippen molar-refractivity contribution in [2.24, 2.45) is 5.73 Å². The molecule has 0 bridgehead atoms. The highest BCUT2D eigenvalue weighted by atomic mass is 32.2. The lowest BCUT2D eigenvalue weighted by molar-refractivity contribution is -0.129. The topological polar surface area (TPSA) is 83.7 Å². The number of carbonyl (C=O) groups is 2. The number of anilines is 1. The molecule has 0 heterocycles. The van der Waals surface area contributed by atoms with Crippen molar-refractivity contribution in [1.82, 2.24) is 4.90 Å². The predicted molar refractivity (Wildman–Crippen MR) is 122 cm³/mol. The third-order valence-electron chi connectivity index (χ3n) is 4.96. The van der Waals surface area contributed by atoms with Crippen molar-refractivity contribution >= 4 is 28.5 Å². The number of hydrogen-bond donors (Lipinski definition) is 1. The molecule has 7 heteroatoms. The van der Waals surface area contributed by atoms with Gasteiger partial charge in [-0.3, -0.25) is 13.9 Å². The molecule has 0 saturated heterocycles. The van der Waals surface area contributed by atoms with Gasteiger partial charge in [0.2, 0.25) is 5.91 Å². The Labute approximate surface area is 181 Å². The SMILES string of the molecule is CCN(CC)C(=O)CN(c1ccccc1C(N)=O)S(=O)c1ccc(C(C)(C)C)cc1. The first kappa shape index (κ1) is 23.6. The number of amides is 2. The molecule has 2 N–H and O–H groups in total. The van der Waals surface area contributed by atoms with Gasteiger partial charge >= 0.3 is 0 Å². The highest BCUT2D eigenvalue weighted by Gasteiger charge is 2.25.